The molecule has 1 aromatic rings. The second-order valence-corrected chi connectivity index (χ2v) is 5.69. The number of amides is 1. The molecule has 1 fully saturated rings. The Labute approximate surface area is 114 Å². The molecule has 1 saturated heterocycles. The van der Waals surface area contributed by atoms with Gasteiger partial charge in [-0.05, 0) is 30.3 Å². The molecule has 0 unspecified atom stereocenters. The first-order chi connectivity index (χ1) is 9.15. The Morgan fingerprint density at radius 3 is 2.84 bits per heavy atom. The Kier molecular flexibility index (Phi) is 4.78. The predicted octanol–water partition coefficient (Wildman–Crippen LogP) is 0.236. The number of nitrogens with zero attached hydrogens (tertiary/aromatic N) is 3. The number of rotatable bonds is 5. The van der Waals surface area contributed by atoms with E-state index in [0.717, 1.165) is 24.3 Å². The Balaban J connectivity index is 1.75. The highest BCUT2D eigenvalue weighted by atomic mass is 32.2. The van der Waals surface area contributed by atoms with Crippen molar-refractivity contribution in [2.24, 2.45) is 5.92 Å². The molecule has 8 heteroatoms. The van der Waals surface area contributed by atoms with Crippen molar-refractivity contribution in [3.05, 3.63) is 11.9 Å². The van der Waals surface area contributed by atoms with Crippen LogP contribution in [0.2, 0.25) is 0 Å². The van der Waals surface area contributed by atoms with Crippen LogP contribution in [0.3, 0.4) is 0 Å². The molecule has 1 aliphatic rings. The van der Waals surface area contributed by atoms with Gasteiger partial charge in [-0.2, -0.15) is 11.8 Å². The molecular formula is C11H16N4O3S. The van der Waals surface area contributed by atoms with Gasteiger partial charge in [0.1, 0.15) is 6.54 Å². The van der Waals surface area contributed by atoms with Gasteiger partial charge in [0.05, 0.1) is 6.20 Å². The maximum Gasteiger partial charge on any atom is 0.358 e. The minimum Gasteiger partial charge on any atom is -0.476 e. The van der Waals surface area contributed by atoms with Crippen molar-refractivity contribution in [2.75, 3.05) is 18.1 Å². The summed E-state index contributed by atoms with van der Waals surface area (Å²) in [5.41, 5.74) is -0.155. The van der Waals surface area contributed by atoms with Crippen molar-refractivity contribution in [1.82, 2.24) is 20.3 Å². The summed E-state index contributed by atoms with van der Waals surface area (Å²) in [5, 5.41) is 18.6. The lowest BCUT2D eigenvalue weighted by Crippen LogP contribution is -2.33. The van der Waals surface area contributed by atoms with Crippen LogP contribution in [0.4, 0.5) is 0 Å². The first kappa shape index (κ1) is 13.9. The van der Waals surface area contributed by atoms with Gasteiger partial charge in [0.15, 0.2) is 5.69 Å². The van der Waals surface area contributed by atoms with Crippen molar-refractivity contribution in [3.8, 4) is 0 Å². The number of hydrogen-bond donors (Lipinski definition) is 2. The highest BCUT2D eigenvalue weighted by molar-refractivity contribution is 7.99. The molecule has 0 radical (unpaired) electrons. The van der Waals surface area contributed by atoms with Crippen molar-refractivity contribution < 1.29 is 14.7 Å². The van der Waals surface area contributed by atoms with E-state index in [1.165, 1.54) is 10.9 Å². The summed E-state index contributed by atoms with van der Waals surface area (Å²) in [5.74, 6) is 1.55. The summed E-state index contributed by atoms with van der Waals surface area (Å²) in [6.45, 7) is 0.682. The van der Waals surface area contributed by atoms with E-state index in [1.54, 1.807) is 0 Å². The topological polar surface area (TPSA) is 97.1 Å². The van der Waals surface area contributed by atoms with Crippen LogP contribution in [0.15, 0.2) is 6.20 Å². The minimum atomic E-state index is -1.15. The summed E-state index contributed by atoms with van der Waals surface area (Å²) < 4.78 is 1.23. The largest absolute Gasteiger partial charge is 0.476 e. The fourth-order valence-corrected chi connectivity index (χ4v) is 3.09. The van der Waals surface area contributed by atoms with Crippen molar-refractivity contribution in [3.63, 3.8) is 0 Å². The second-order valence-electron chi connectivity index (χ2n) is 4.47. The average molecular weight is 284 g/mol. The maximum absolute atomic E-state index is 11.7. The van der Waals surface area contributed by atoms with Gasteiger partial charge < -0.3 is 10.4 Å². The molecular weight excluding hydrogens is 268 g/mol. The molecule has 19 heavy (non-hydrogen) atoms. The standard InChI is InChI=1S/C11H16N4O3S/c16-10(12-5-8-1-3-19-4-2-8)7-15-6-9(11(17)18)13-14-15/h6,8H,1-5,7H2,(H,12,16)(H,17,18). The molecule has 0 aliphatic carbocycles. The van der Waals surface area contributed by atoms with E-state index < -0.39 is 5.97 Å². The molecule has 7 nitrogen and oxygen atoms in total. The van der Waals surface area contributed by atoms with Gasteiger partial charge in [0.2, 0.25) is 5.91 Å². The smallest absolute Gasteiger partial charge is 0.358 e. The first-order valence-electron chi connectivity index (χ1n) is 6.13. The van der Waals surface area contributed by atoms with E-state index in [0.29, 0.717) is 12.5 Å². The lowest BCUT2D eigenvalue weighted by molar-refractivity contribution is -0.122. The second kappa shape index (κ2) is 6.55. The van der Waals surface area contributed by atoms with Gasteiger partial charge >= 0.3 is 5.97 Å². The highest BCUT2D eigenvalue weighted by Gasteiger charge is 2.15. The third-order valence-corrected chi connectivity index (χ3v) is 4.04. The number of carboxylic acid groups (broad SMARTS) is 1. The van der Waals surface area contributed by atoms with Crippen molar-refractivity contribution >= 4 is 23.6 Å². The summed E-state index contributed by atoms with van der Waals surface area (Å²) in [6.07, 6.45) is 3.52. The lowest BCUT2D eigenvalue weighted by Gasteiger charge is -2.21. The molecule has 0 spiro atoms. The zero-order valence-corrected chi connectivity index (χ0v) is 11.2. The fourth-order valence-electron chi connectivity index (χ4n) is 1.89. The first-order valence-corrected chi connectivity index (χ1v) is 7.28. The van der Waals surface area contributed by atoms with E-state index in [4.69, 9.17) is 5.11 Å². The number of carbonyl (C=O) groups is 2. The molecule has 0 bridgehead atoms. The van der Waals surface area contributed by atoms with Crippen molar-refractivity contribution in [2.45, 2.75) is 19.4 Å². The summed E-state index contributed by atoms with van der Waals surface area (Å²) in [4.78, 5) is 22.3. The predicted molar refractivity (Wildman–Crippen MR) is 70.0 cm³/mol. The van der Waals surface area contributed by atoms with E-state index in [9.17, 15) is 9.59 Å². The Morgan fingerprint density at radius 1 is 1.47 bits per heavy atom. The zero-order chi connectivity index (χ0) is 13.7. The van der Waals surface area contributed by atoms with E-state index in [2.05, 4.69) is 15.6 Å². The van der Waals surface area contributed by atoms with Crippen molar-refractivity contribution in [1.29, 1.82) is 0 Å². The molecule has 1 amide bonds. The third kappa shape index (κ3) is 4.23. The molecule has 1 aromatic heterocycles. The van der Waals surface area contributed by atoms with Gasteiger partial charge in [-0.25, -0.2) is 9.48 Å². The van der Waals surface area contributed by atoms with Crippen LogP contribution in [0.5, 0.6) is 0 Å². The number of hydrogen-bond acceptors (Lipinski definition) is 5. The van der Waals surface area contributed by atoms with E-state index >= 15 is 0 Å². The highest BCUT2D eigenvalue weighted by Crippen LogP contribution is 2.21. The van der Waals surface area contributed by atoms with Crippen LogP contribution in [-0.2, 0) is 11.3 Å². The molecule has 1 aliphatic heterocycles. The molecule has 0 atom stereocenters. The Morgan fingerprint density at radius 2 is 2.21 bits per heavy atom. The molecule has 0 saturated carbocycles. The monoisotopic (exact) mass is 284 g/mol. The Bertz CT molecular complexity index is 457. The van der Waals surface area contributed by atoms with Gasteiger partial charge in [0, 0.05) is 6.54 Å². The Hall–Kier alpha value is -1.57. The van der Waals surface area contributed by atoms with Gasteiger partial charge in [0.25, 0.3) is 0 Å². The molecule has 0 aromatic carbocycles. The van der Waals surface area contributed by atoms with Gasteiger partial charge in [-0.1, -0.05) is 5.21 Å². The summed E-state index contributed by atoms with van der Waals surface area (Å²) in [7, 11) is 0. The van der Waals surface area contributed by atoms with Crippen LogP contribution >= 0.6 is 11.8 Å². The van der Waals surface area contributed by atoms with Crippen LogP contribution in [0.1, 0.15) is 23.3 Å². The normalized spacial score (nSPS) is 16.2. The molecule has 2 heterocycles. The lowest BCUT2D eigenvalue weighted by atomic mass is 10.0. The number of carbonyl (C=O) groups excluding carboxylic acids is 1. The van der Waals surface area contributed by atoms with Gasteiger partial charge in [-0.15, -0.1) is 5.10 Å². The number of carboxylic acids is 1. The SMILES string of the molecule is O=C(Cn1cc(C(=O)O)nn1)NCC1CCSCC1. The summed E-state index contributed by atoms with van der Waals surface area (Å²) in [6, 6.07) is 0. The quantitative estimate of drug-likeness (QED) is 0.803. The molecule has 104 valence electrons. The summed E-state index contributed by atoms with van der Waals surface area (Å²) >= 11 is 1.95. The van der Waals surface area contributed by atoms with Crippen LogP contribution in [-0.4, -0.2) is 50.0 Å². The van der Waals surface area contributed by atoms with E-state index in [-0.39, 0.29) is 18.1 Å². The third-order valence-electron chi connectivity index (χ3n) is 2.99. The molecule has 2 rings (SSSR count). The number of aromatic nitrogens is 3. The number of nitrogens with one attached hydrogen (secondary N) is 1. The number of thioether (sulfide) groups is 1. The van der Waals surface area contributed by atoms with Crippen LogP contribution in [0.25, 0.3) is 0 Å². The fraction of sp³-hybridized carbons (Fsp3) is 0.636. The minimum absolute atomic E-state index is 0.00174. The van der Waals surface area contributed by atoms with E-state index in [1.807, 2.05) is 11.8 Å². The van der Waals surface area contributed by atoms with Crippen LogP contribution in [0, 0.1) is 5.92 Å². The van der Waals surface area contributed by atoms with Gasteiger partial charge in [-0.3, -0.25) is 4.79 Å². The molecule has 2 N–H and O–H groups in total. The zero-order valence-electron chi connectivity index (χ0n) is 10.4. The number of aromatic carboxylic acids is 1. The average Bonchev–Trinajstić information content (AvgIpc) is 2.86. The maximum atomic E-state index is 11.7. The van der Waals surface area contributed by atoms with Crippen LogP contribution < -0.4 is 5.32 Å².